The fraction of sp³-hybridized carbons (Fsp3) is 0.480. The van der Waals surface area contributed by atoms with Crippen LogP contribution in [0.1, 0.15) is 73.9 Å². The van der Waals surface area contributed by atoms with Crippen molar-refractivity contribution in [2.75, 3.05) is 13.2 Å². The van der Waals surface area contributed by atoms with E-state index in [-0.39, 0.29) is 11.1 Å². The molecule has 3 nitrogen and oxygen atoms in total. The second-order valence-electron chi connectivity index (χ2n) is 7.95. The van der Waals surface area contributed by atoms with E-state index in [9.17, 15) is 31.1 Å². The molecule has 10 heteroatoms. The van der Waals surface area contributed by atoms with Crippen LogP contribution in [0, 0.1) is 0 Å². The summed E-state index contributed by atoms with van der Waals surface area (Å²) in [6, 6.07) is 6.17. The summed E-state index contributed by atoms with van der Waals surface area (Å²) in [5.41, 5.74) is -5.85. The number of unbranched alkanes of at least 4 members (excludes halogenated alkanes) is 4. The zero-order chi connectivity index (χ0) is 26.1. The molecule has 2 aromatic rings. The summed E-state index contributed by atoms with van der Waals surface area (Å²) in [7, 11) is -1.00. The third-order valence-corrected chi connectivity index (χ3v) is 6.29. The van der Waals surface area contributed by atoms with Crippen LogP contribution < -0.4 is 14.8 Å². The molecule has 0 aliphatic carbocycles. The number of hydrogen-bond acceptors (Lipinski definition) is 3. The maximum Gasteiger partial charge on any atom is 0.417 e. The molecule has 0 spiro atoms. The summed E-state index contributed by atoms with van der Waals surface area (Å²) in [6.07, 6.45) is -4.88. The quantitative estimate of drug-likeness (QED) is 0.152. The Labute approximate surface area is 203 Å². The molecule has 1 unspecified atom stereocenters. The molecule has 0 radical (unpaired) electrons. The first-order valence-corrected chi connectivity index (χ1v) is 12.5. The Bertz CT molecular complexity index is 940. The van der Waals surface area contributed by atoms with Crippen molar-refractivity contribution in [3.63, 3.8) is 0 Å². The molecule has 0 heterocycles. The van der Waals surface area contributed by atoms with Gasteiger partial charge in [-0.2, -0.15) is 26.3 Å². The molecule has 194 valence electrons. The molecule has 2 aromatic carbocycles. The molecule has 0 saturated carbocycles. The van der Waals surface area contributed by atoms with Gasteiger partial charge in [0.25, 0.3) is 0 Å². The molecule has 0 aliphatic heterocycles. The highest BCUT2D eigenvalue weighted by atomic mass is 31.1. The highest BCUT2D eigenvalue weighted by Gasteiger charge is 2.42. The van der Waals surface area contributed by atoms with Crippen molar-refractivity contribution >= 4 is 19.4 Å². The summed E-state index contributed by atoms with van der Waals surface area (Å²) in [4.78, 5) is 12.9. The average molecular weight is 522 g/mol. The second kappa shape index (κ2) is 13.1. The lowest BCUT2D eigenvalue weighted by Gasteiger charge is -2.19. The van der Waals surface area contributed by atoms with E-state index in [0.717, 1.165) is 32.1 Å². The van der Waals surface area contributed by atoms with Gasteiger partial charge in [0.1, 0.15) is 11.5 Å². The van der Waals surface area contributed by atoms with Crippen molar-refractivity contribution in [2.45, 2.75) is 64.7 Å². The number of alkyl halides is 6. The number of ether oxygens (including phenoxy) is 2. The number of halogens is 6. The van der Waals surface area contributed by atoms with Crippen LogP contribution in [-0.4, -0.2) is 18.7 Å². The molecule has 0 fully saturated rings. The van der Waals surface area contributed by atoms with E-state index in [0.29, 0.717) is 43.6 Å². The van der Waals surface area contributed by atoms with Crippen molar-refractivity contribution in [1.29, 1.82) is 0 Å². The Balaban J connectivity index is 2.39. The summed E-state index contributed by atoms with van der Waals surface area (Å²) in [6.45, 7) is 4.81. The SMILES string of the molecule is CCCCCOc1ccc(PC(=O)c2c(C(F)(F)F)cccc2C(F)(F)F)c(OCCCCC)c1. The zero-order valence-corrected chi connectivity index (χ0v) is 20.6. The van der Waals surface area contributed by atoms with Crippen molar-refractivity contribution in [3.8, 4) is 11.5 Å². The van der Waals surface area contributed by atoms with E-state index < -0.39 is 43.1 Å². The van der Waals surface area contributed by atoms with Gasteiger partial charge in [-0.1, -0.05) is 45.6 Å². The van der Waals surface area contributed by atoms with E-state index in [1.165, 1.54) is 12.1 Å². The Morgan fingerprint density at radius 3 is 1.86 bits per heavy atom. The lowest BCUT2D eigenvalue weighted by molar-refractivity contribution is -0.143. The summed E-state index contributed by atoms with van der Waals surface area (Å²) in [5.74, 6) is 0.679. The first-order chi connectivity index (χ1) is 16.5. The summed E-state index contributed by atoms with van der Waals surface area (Å²) in [5, 5.41) is 0.220. The van der Waals surface area contributed by atoms with E-state index in [4.69, 9.17) is 9.47 Å². The molecule has 2 rings (SSSR count). The topological polar surface area (TPSA) is 35.5 Å². The summed E-state index contributed by atoms with van der Waals surface area (Å²) >= 11 is 0. The van der Waals surface area contributed by atoms with Gasteiger partial charge in [0, 0.05) is 16.9 Å². The highest BCUT2D eigenvalue weighted by molar-refractivity contribution is 7.66. The van der Waals surface area contributed by atoms with Crippen LogP contribution >= 0.6 is 8.58 Å². The molecule has 0 N–H and O–H groups in total. The molecule has 0 saturated heterocycles. The minimum Gasteiger partial charge on any atom is -0.493 e. The maximum absolute atomic E-state index is 13.5. The second-order valence-corrected chi connectivity index (χ2v) is 9.19. The molecular formula is C25H29F6O3P. The van der Waals surface area contributed by atoms with Crippen molar-refractivity contribution in [1.82, 2.24) is 0 Å². The Morgan fingerprint density at radius 1 is 0.800 bits per heavy atom. The van der Waals surface area contributed by atoms with E-state index in [2.05, 4.69) is 6.92 Å². The molecule has 0 bridgehead atoms. The molecule has 0 aliphatic rings. The lowest BCUT2D eigenvalue weighted by Crippen LogP contribution is -2.19. The van der Waals surface area contributed by atoms with Gasteiger partial charge in [0.05, 0.1) is 24.3 Å². The van der Waals surface area contributed by atoms with Crippen LogP contribution in [-0.2, 0) is 12.4 Å². The third kappa shape index (κ3) is 8.71. The first-order valence-electron chi connectivity index (χ1n) is 11.5. The summed E-state index contributed by atoms with van der Waals surface area (Å²) < 4.78 is 92.5. The Morgan fingerprint density at radius 2 is 1.34 bits per heavy atom. The van der Waals surface area contributed by atoms with Crippen LogP contribution in [0.4, 0.5) is 26.3 Å². The number of benzene rings is 2. The smallest absolute Gasteiger partial charge is 0.417 e. The fourth-order valence-corrected chi connectivity index (χ4v) is 4.42. The van der Waals surface area contributed by atoms with E-state index >= 15 is 0 Å². The molecule has 0 amide bonds. The molecule has 0 aromatic heterocycles. The minimum atomic E-state index is -5.12. The highest BCUT2D eigenvalue weighted by Crippen LogP contribution is 2.42. The van der Waals surface area contributed by atoms with Crippen LogP contribution in [0.5, 0.6) is 11.5 Å². The van der Waals surface area contributed by atoms with E-state index in [1.807, 2.05) is 6.92 Å². The van der Waals surface area contributed by atoms with Gasteiger partial charge in [-0.05, 0) is 45.7 Å². The number of hydrogen-bond donors (Lipinski definition) is 0. The van der Waals surface area contributed by atoms with Crippen molar-refractivity contribution < 1.29 is 40.6 Å². The zero-order valence-electron chi connectivity index (χ0n) is 19.6. The van der Waals surface area contributed by atoms with Crippen LogP contribution in [0.25, 0.3) is 0 Å². The average Bonchev–Trinajstić information content (AvgIpc) is 2.79. The van der Waals surface area contributed by atoms with E-state index in [1.54, 1.807) is 6.07 Å². The molecular weight excluding hydrogens is 493 g/mol. The number of carbonyl (C=O) groups is 1. The van der Waals surface area contributed by atoms with Crippen LogP contribution in [0.15, 0.2) is 36.4 Å². The maximum atomic E-state index is 13.5. The number of carbonyl (C=O) groups excluding carboxylic acids is 1. The van der Waals surface area contributed by atoms with Gasteiger partial charge < -0.3 is 9.47 Å². The largest absolute Gasteiger partial charge is 0.493 e. The fourth-order valence-electron chi connectivity index (χ4n) is 3.35. The minimum absolute atomic E-state index is 0.220. The molecule has 35 heavy (non-hydrogen) atoms. The third-order valence-electron chi connectivity index (χ3n) is 5.13. The standard InChI is InChI=1S/C25H29F6O3P/c1-3-5-7-14-33-17-12-13-21(20(16-17)34-15-8-6-4-2)35-23(32)22-18(24(26,27)28)10-9-11-19(22)25(29,30)31/h9-13,16,35H,3-8,14-15H2,1-2H3. The van der Waals surface area contributed by atoms with Crippen LogP contribution in [0.3, 0.4) is 0 Å². The normalized spacial score (nSPS) is 12.3. The Hall–Kier alpha value is -2.28. The first kappa shape index (κ1) is 29.0. The number of rotatable bonds is 13. The van der Waals surface area contributed by atoms with Crippen LogP contribution in [0.2, 0.25) is 0 Å². The Kier molecular flexibility index (Phi) is 10.9. The van der Waals surface area contributed by atoms with Gasteiger partial charge in [0.15, 0.2) is 5.52 Å². The predicted molar refractivity (Wildman–Crippen MR) is 125 cm³/mol. The van der Waals surface area contributed by atoms with Gasteiger partial charge in [-0.25, -0.2) is 0 Å². The van der Waals surface area contributed by atoms with Crippen molar-refractivity contribution in [2.24, 2.45) is 0 Å². The van der Waals surface area contributed by atoms with Gasteiger partial charge >= 0.3 is 12.4 Å². The van der Waals surface area contributed by atoms with Crippen molar-refractivity contribution in [3.05, 3.63) is 53.1 Å². The van der Waals surface area contributed by atoms with Gasteiger partial charge in [-0.3, -0.25) is 4.79 Å². The van der Waals surface area contributed by atoms with Gasteiger partial charge in [0.2, 0.25) is 0 Å². The monoisotopic (exact) mass is 522 g/mol. The van der Waals surface area contributed by atoms with Gasteiger partial charge in [-0.15, -0.1) is 0 Å². The molecule has 1 atom stereocenters. The predicted octanol–water partition coefficient (Wildman–Crippen LogP) is 8.01. The lowest BCUT2D eigenvalue weighted by atomic mass is 10.0.